The van der Waals surface area contributed by atoms with E-state index in [2.05, 4.69) is 75.4 Å². The van der Waals surface area contributed by atoms with Crippen LogP contribution in [0.4, 0.5) is 0 Å². The number of hydrogen-bond donors (Lipinski definition) is 0. The summed E-state index contributed by atoms with van der Waals surface area (Å²) in [6.45, 7) is 7.17. The van der Waals surface area contributed by atoms with Crippen LogP contribution in [-0.2, 0) is 11.8 Å². The first kappa shape index (κ1) is 11.5. The van der Waals surface area contributed by atoms with Crippen LogP contribution in [0.1, 0.15) is 37.5 Å². The Hall–Kier alpha value is -1.56. The third kappa shape index (κ3) is 1.38. The molecule has 1 aliphatic rings. The second-order valence-corrected chi connectivity index (χ2v) is 6.21. The first-order valence-corrected chi connectivity index (χ1v) is 6.70. The summed E-state index contributed by atoms with van der Waals surface area (Å²) in [7, 11) is 0. The summed E-state index contributed by atoms with van der Waals surface area (Å²) in [6, 6.07) is 19.8. The standard InChI is InChI=1S/C18H20/c1-17(2)13-14-9-7-8-12-16(14)18(17,3)15-10-5-4-6-11-15/h4-12H,13H2,1-3H3. The molecule has 0 N–H and O–H groups in total. The first-order chi connectivity index (χ1) is 8.56. The highest BCUT2D eigenvalue weighted by atomic mass is 14.5. The third-order valence-corrected chi connectivity index (χ3v) is 4.89. The minimum atomic E-state index is 0.116. The van der Waals surface area contributed by atoms with Gasteiger partial charge in [0, 0.05) is 5.41 Å². The van der Waals surface area contributed by atoms with E-state index in [4.69, 9.17) is 0 Å². The van der Waals surface area contributed by atoms with Crippen molar-refractivity contribution in [3.05, 3.63) is 71.3 Å². The fourth-order valence-corrected chi connectivity index (χ4v) is 3.50. The zero-order valence-electron chi connectivity index (χ0n) is 11.4. The van der Waals surface area contributed by atoms with E-state index in [0.29, 0.717) is 0 Å². The highest BCUT2D eigenvalue weighted by Gasteiger charge is 2.49. The summed E-state index contributed by atoms with van der Waals surface area (Å²) >= 11 is 0. The predicted octanol–water partition coefficient (Wildman–Crippen LogP) is 4.57. The molecule has 0 nitrogen and oxygen atoms in total. The van der Waals surface area contributed by atoms with Gasteiger partial charge in [0.15, 0.2) is 0 Å². The van der Waals surface area contributed by atoms with E-state index in [1.54, 1.807) is 0 Å². The van der Waals surface area contributed by atoms with Crippen molar-refractivity contribution in [2.45, 2.75) is 32.6 Å². The monoisotopic (exact) mass is 236 g/mol. The molecule has 2 aromatic carbocycles. The zero-order chi connectivity index (χ0) is 12.8. The van der Waals surface area contributed by atoms with Crippen LogP contribution >= 0.6 is 0 Å². The lowest BCUT2D eigenvalue weighted by atomic mass is 9.63. The summed E-state index contributed by atoms with van der Waals surface area (Å²) < 4.78 is 0. The van der Waals surface area contributed by atoms with Crippen molar-refractivity contribution in [2.75, 3.05) is 0 Å². The molecule has 0 radical (unpaired) electrons. The van der Waals surface area contributed by atoms with Crippen LogP contribution in [-0.4, -0.2) is 0 Å². The maximum Gasteiger partial charge on any atom is 0.0231 e. The van der Waals surface area contributed by atoms with Crippen LogP contribution in [0.15, 0.2) is 54.6 Å². The van der Waals surface area contributed by atoms with Crippen LogP contribution in [0, 0.1) is 5.41 Å². The maximum atomic E-state index is 2.40. The van der Waals surface area contributed by atoms with Crippen molar-refractivity contribution in [1.82, 2.24) is 0 Å². The first-order valence-electron chi connectivity index (χ1n) is 6.70. The highest BCUT2D eigenvalue weighted by molar-refractivity contribution is 5.50. The van der Waals surface area contributed by atoms with Gasteiger partial charge in [0.1, 0.15) is 0 Å². The molecular formula is C18H20. The molecule has 0 aliphatic heterocycles. The van der Waals surface area contributed by atoms with Crippen molar-refractivity contribution in [3.8, 4) is 0 Å². The Bertz CT molecular complexity index is 566. The van der Waals surface area contributed by atoms with E-state index in [1.807, 2.05) is 0 Å². The number of hydrogen-bond acceptors (Lipinski definition) is 0. The Labute approximate surface area is 110 Å². The van der Waals surface area contributed by atoms with Crippen LogP contribution in [0.5, 0.6) is 0 Å². The summed E-state index contributed by atoms with van der Waals surface area (Å²) in [6.07, 6.45) is 1.16. The van der Waals surface area contributed by atoms with E-state index in [-0.39, 0.29) is 10.8 Å². The molecule has 0 heteroatoms. The molecular weight excluding hydrogens is 216 g/mol. The molecule has 3 rings (SSSR count). The topological polar surface area (TPSA) is 0 Å². The molecule has 2 aromatic rings. The van der Waals surface area contributed by atoms with Gasteiger partial charge in [0.2, 0.25) is 0 Å². The zero-order valence-corrected chi connectivity index (χ0v) is 11.4. The largest absolute Gasteiger partial charge is 0.0622 e. The number of benzene rings is 2. The Morgan fingerprint density at radius 3 is 2.11 bits per heavy atom. The fourth-order valence-electron chi connectivity index (χ4n) is 3.50. The number of rotatable bonds is 1. The van der Waals surface area contributed by atoms with Gasteiger partial charge in [-0.3, -0.25) is 0 Å². The minimum Gasteiger partial charge on any atom is -0.0622 e. The Morgan fingerprint density at radius 1 is 0.778 bits per heavy atom. The van der Waals surface area contributed by atoms with Gasteiger partial charge in [0.25, 0.3) is 0 Å². The summed E-state index contributed by atoms with van der Waals surface area (Å²) in [5, 5.41) is 0. The number of fused-ring (bicyclic) bond motifs is 1. The highest BCUT2D eigenvalue weighted by Crippen LogP contribution is 2.54. The summed E-state index contributed by atoms with van der Waals surface area (Å²) in [4.78, 5) is 0. The second-order valence-electron chi connectivity index (χ2n) is 6.21. The van der Waals surface area contributed by atoms with Crippen LogP contribution in [0.3, 0.4) is 0 Å². The van der Waals surface area contributed by atoms with Gasteiger partial charge in [-0.05, 0) is 28.5 Å². The predicted molar refractivity (Wildman–Crippen MR) is 76.8 cm³/mol. The van der Waals surface area contributed by atoms with E-state index in [1.165, 1.54) is 16.7 Å². The van der Waals surface area contributed by atoms with Crippen molar-refractivity contribution < 1.29 is 0 Å². The van der Waals surface area contributed by atoms with Crippen molar-refractivity contribution in [2.24, 2.45) is 5.41 Å². The van der Waals surface area contributed by atoms with Crippen LogP contribution < -0.4 is 0 Å². The van der Waals surface area contributed by atoms with Crippen LogP contribution in [0.25, 0.3) is 0 Å². The molecule has 1 aliphatic carbocycles. The minimum absolute atomic E-state index is 0.116. The Balaban J connectivity index is 2.26. The van der Waals surface area contributed by atoms with E-state index >= 15 is 0 Å². The lowest BCUT2D eigenvalue weighted by Gasteiger charge is -2.40. The van der Waals surface area contributed by atoms with Gasteiger partial charge in [0.05, 0.1) is 0 Å². The molecule has 0 fully saturated rings. The molecule has 0 heterocycles. The second kappa shape index (κ2) is 3.71. The summed E-state index contributed by atoms with van der Waals surface area (Å²) in [5.74, 6) is 0. The summed E-state index contributed by atoms with van der Waals surface area (Å²) in [5.41, 5.74) is 4.82. The molecule has 0 aromatic heterocycles. The van der Waals surface area contributed by atoms with Crippen molar-refractivity contribution in [1.29, 1.82) is 0 Å². The molecule has 18 heavy (non-hydrogen) atoms. The van der Waals surface area contributed by atoms with E-state index < -0.39 is 0 Å². The molecule has 92 valence electrons. The smallest absolute Gasteiger partial charge is 0.0231 e. The van der Waals surface area contributed by atoms with Gasteiger partial charge >= 0.3 is 0 Å². The molecule has 0 bridgehead atoms. The lowest BCUT2D eigenvalue weighted by molar-refractivity contribution is 0.247. The maximum absolute atomic E-state index is 2.40. The van der Waals surface area contributed by atoms with E-state index in [9.17, 15) is 0 Å². The Kier molecular flexibility index (Phi) is 2.38. The van der Waals surface area contributed by atoms with Gasteiger partial charge in [-0.2, -0.15) is 0 Å². The third-order valence-electron chi connectivity index (χ3n) is 4.89. The van der Waals surface area contributed by atoms with Crippen molar-refractivity contribution in [3.63, 3.8) is 0 Å². The van der Waals surface area contributed by atoms with Gasteiger partial charge in [-0.15, -0.1) is 0 Å². The Morgan fingerprint density at radius 2 is 1.39 bits per heavy atom. The van der Waals surface area contributed by atoms with E-state index in [0.717, 1.165) is 6.42 Å². The van der Waals surface area contributed by atoms with Crippen LogP contribution in [0.2, 0.25) is 0 Å². The quantitative estimate of drug-likeness (QED) is 0.680. The van der Waals surface area contributed by atoms with Gasteiger partial charge in [-0.25, -0.2) is 0 Å². The van der Waals surface area contributed by atoms with Crippen molar-refractivity contribution >= 4 is 0 Å². The normalized spacial score (nSPS) is 24.8. The molecule has 0 spiro atoms. The molecule has 1 atom stereocenters. The average Bonchev–Trinajstić information content (AvgIpc) is 2.59. The average molecular weight is 236 g/mol. The molecule has 0 saturated heterocycles. The lowest BCUT2D eigenvalue weighted by Crippen LogP contribution is -2.36. The van der Waals surface area contributed by atoms with Gasteiger partial charge in [-0.1, -0.05) is 75.4 Å². The fraction of sp³-hybridized carbons (Fsp3) is 0.333. The molecule has 1 unspecified atom stereocenters. The SMILES string of the molecule is CC1(C)Cc2ccccc2C1(C)c1ccccc1. The molecule has 0 saturated carbocycles. The van der Waals surface area contributed by atoms with Gasteiger partial charge < -0.3 is 0 Å². The molecule has 0 amide bonds.